The fraction of sp³-hybridized carbons (Fsp3) is 0.455. The average molecular weight is 429 g/mol. The quantitative estimate of drug-likeness (QED) is 0.783. The number of hydrogen-bond acceptors (Lipinski definition) is 5. The molecule has 2 heterocycles. The van der Waals surface area contributed by atoms with Gasteiger partial charge >= 0.3 is 0 Å². The number of nitrogens with zero attached hydrogens (tertiary/aromatic N) is 2. The van der Waals surface area contributed by atoms with E-state index in [0.29, 0.717) is 23.7 Å². The van der Waals surface area contributed by atoms with Crippen molar-refractivity contribution in [2.75, 3.05) is 19.6 Å². The van der Waals surface area contributed by atoms with Gasteiger partial charge in [-0.05, 0) is 38.7 Å². The van der Waals surface area contributed by atoms with E-state index in [1.807, 2.05) is 37.3 Å². The summed E-state index contributed by atoms with van der Waals surface area (Å²) < 4.78 is 0. The number of amides is 3. The zero-order chi connectivity index (χ0) is 21.5. The molecular weight excluding hydrogens is 400 g/mol. The van der Waals surface area contributed by atoms with Gasteiger partial charge in [0.1, 0.15) is 4.88 Å². The lowest BCUT2D eigenvalue weighted by atomic mass is 10.00. The predicted molar refractivity (Wildman–Crippen MR) is 116 cm³/mol. The van der Waals surface area contributed by atoms with Crippen LogP contribution in [0.3, 0.4) is 0 Å². The van der Waals surface area contributed by atoms with Crippen molar-refractivity contribution in [1.29, 1.82) is 0 Å². The lowest BCUT2D eigenvalue weighted by Gasteiger charge is -2.33. The zero-order valence-electron chi connectivity index (χ0n) is 17.4. The van der Waals surface area contributed by atoms with Gasteiger partial charge in [-0.1, -0.05) is 30.3 Å². The topological polar surface area (TPSA) is 91.4 Å². The molecular formula is C22H28N4O3S. The number of rotatable bonds is 4. The maximum atomic E-state index is 13.1. The second-order valence-corrected chi connectivity index (χ2v) is 8.66. The third kappa shape index (κ3) is 5.66. The van der Waals surface area contributed by atoms with Crippen molar-refractivity contribution >= 4 is 29.1 Å². The first kappa shape index (κ1) is 22.0. The van der Waals surface area contributed by atoms with E-state index in [0.717, 1.165) is 29.8 Å². The summed E-state index contributed by atoms with van der Waals surface area (Å²) in [5.41, 5.74) is 1.59. The Morgan fingerprint density at radius 3 is 2.67 bits per heavy atom. The van der Waals surface area contributed by atoms with E-state index in [-0.39, 0.29) is 36.7 Å². The van der Waals surface area contributed by atoms with E-state index in [9.17, 15) is 14.4 Å². The first-order valence-corrected chi connectivity index (χ1v) is 11.1. The first-order valence-electron chi connectivity index (χ1n) is 10.3. The second-order valence-electron chi connectivity index (χ2n) is 7.46. The lowest BCUT2D eigenvalue weighted by molar-refractivity contribution is -0.134. The van der Waals surface area contributed by atoms with Crippen LogP contribution in [-0.2, 0) is 9.59 Å². The van der Waals surface area contributed by atoms with Gasteiger partial charge < -0.3 is 15.5 Å². The molecule has 8 heteroatoms. The van der Waals surface area contributed by atoms with Gasteiger partial charge in [0.25, 0.3) is 5.91 Å². The summed E-state index contributed by atoms with van der Waals surface area (Å²) in [6.45, 7) is 4.74. The molecule has 0 radical (unpaired) electrons. The first-order chi connectivity index (χ1) is 14.5. The Labute approximate surface area is 180 Å². The fourth-order valence-corrected chi connectivity index (χ4v) is 4.51. The third-order valence-corrected chi connectivity index (χ3v) is 6.24. The summed E-state index contributed by atoms with van der Waals surface area (Å²) in [6.07, 6.45) is 2.88. The zero-order valence-corrected chi connectivity index (χ0v) is 18.3. The Balaban J connectivity index is 1.76. The van der Waals surface area contributed by atoms with Gasteiger partial charge in [0.2, 0.25) is 11.8 Å². The predicted octanol–water partition coefficient (Wildman–Crippen LogP) is 2.75. The van der Waals surface area contributed by atoms with Gasteiger partial charge in [-0.3, -0.25) is 14.4 Å². The number of aryl methyl sites for hydroxylation is 2. The summed E-state index contributed by atoms with van der Waals surface area (Å²) in [5.74, 6) is -0.547. The van der Waals surface area contributed by atoms with Crippen LogP contribution in [0.1, 0.15) is 57.7 Å². The molecule has 3 rings (SSSR count). The molecule has 1 fully saturated rings. The van der Waals surface area contributed by atoms with Crippen LogP contribution >= 0.6 is 11.3 Å². The van der Waals surface area contributed by atoms with Gasteiger partial charge in [-0.15, -0.1) is 11.3 Å². The van der Waals surface area contributed by atoms with Gasteiger partial charge in [-0.2, -0.15) is 0 Å². The van der Waals surface area contributed by atoms with Crippen LogP contribution in [0.25, 0.3) is 0 Å². The van der Waals surface area contributed by atoms with Gasteiger partial charge in [0.05, 0.1) is 29.7 Å². The number of benzene rings is 1. The molecule has 0 aliphatic carbocycles. The Kier molecular flexibility index (Phi) is 7.57. The van der Waals surface area contributed by atoms with Crippen LogP contribution < -0.4 is 10.6 Å². The number of hydrogen-bond donors (Lipinski definition) is 2. The van der Waals surface area contributed by atoms with Crippen molar-refractivity contribution in [2.45, 2.75) is 45.6 Å². The molecule has 160 valence electrons. The molecule has 2 N–H and O–H groups in total. The van der Waals surface area contributed by atoms with Crippen LogP contribution in [0.2, 0.25) is 0 Å². The molecule has 1 aliphatic heterocycles. The average Bonchev–Trinajstić information content (AvgIpc) is 3.08. The summed E-state index contributed by atoms with van der Waals surface area (Å²) in [5, 5.41) is 6.49. The summed E-state index contributed by atoms with van der Waals surface area (Å²) >= 11 is 1.32. The van der Waals surface area contributed by atoms with Crippen LogP contribution in [-0.4, -0.2) is 47.2 Å². The summed E-state index contributed by atoms with van der Waals surface area (Å²) in [4.78, 5) is 44.6. The number of carbonyl (C=O) groups excluding carboxylic acids is 3. The molecule has 30 heavy (non-hydrogen) atoms. The van der Waals surface area contributed by atoms with E-state index < -0.39 is 0 Å². The van der Waals surface area contributed by atoms with Gasteiger partial charge in [-0.25, -0.2) is 4.98 Å². The molecule has 1 saturated heterocycles. The van der Waals surface area contributed by atoms with Crippen LogP contribution in [0.5, 0.6) is 0 Å². The van der Waals surface area contributed by atoms with Crippen molar-refractivity contribution in [3.8, 4) is 0 Å². The maximum Gasteiger partial charge on any atom is 0.263 e. The normalized spacial score (nSPS) is 17.9. The largest absolute Gasteiger partial charge is 0.356 e. The summed E-state index contributed by atoms with van der Waals surface area (Å²) in [7, 11) is 0. The van der Waals surface area contributed by atoms with Crippen molar-refractivity contribution in [3.05, 3.63) is 51.5 Å². The highest BCUT2D eigenvalue weighted by atomic mass is 32.1. The lowest BCUT2D eigenvalue weighted by Crippen LogP contribution is -2.44. The van der Waals surface area contributed by atoms with Crippen LogP contribution in [0, 0.1) is 13.8 Å². The van der Waals surface area contributed by atoms with Crippen molar-refractivity contribution < 1.29 is 14.4 Å². The third-order valence-electron chi connectivity index (χ3n) is 5.17. The highest BCUT2D eigenvalue weighted by Crippen LogP contribution is 2.26. The Morgan fingerprint density at radius 2 is 1.97 bits per heavy atom. The number of thiazole rings is 1. The monoisotopic (exact) mass is 428 g/mol. The highest BCUT2D eigenvalue weighted by Gasteiger charge is 2.28. The molecule has 0 saturated carbocycles. The van der Waals surface area contributed by atoms with E-state index in [1.165, 1.54) is 11.3 Å². The molecule has 0 bridgehead atoms. The van der Waals surface area contributed by atoms with Crippen LogP contribution in [0.15, 0.2) is 30.3 Å². The fourth-order valence-electron chi connectivity index (χ4n) is 3.68. The highest BCUT2D eigenvalue weighted by molar-refractivity contribution is 7.13. The van der Waals surface area contributed by atoms with E-state index in [2.05, 4.69) is 15.6 Å². The molecule has 2 aromatic rings. The number of aromatic nitrogens is 1. The Hall–Kier alpha value is -2.74. The van der Waals surface area contributed by atoms with Crippen molar-refractivity contribution in [1.82, 2.24) is 20.5 Å². The SMILES string of the molecule is Cc1nc(C)c(C(=O)NCC(=O)N2CCCCCNC(=O)CC2c2ccccc2)s1. The smallest absolute Gasteiger partial charge is 0.263 e. The Morgan fingerprint density at radius 1 is 1.20 bits per heavy atom. The molecule has 1 aromatic carbocycles. The van der Waals surface area contributed by atoms with Gasteiger partial charge in [0.15, 0.2) is 0 Å². The Bertz CT molecular complexity index is 897. The number of carbonyl (C=O) groups is 3. The second kappa shape index (κ2) is 10.3. The van der Waals surface area contributed by atoms with E-state index in [1.54, 1.807) is 11.8 Å². The standard InChI is InChI=1S/C22H28N4O3S/c1-15-21(30-16(2)25-15)22(29)24-14-20(28)26-12-8-4-7-11-23-19(27)13-18(26)17-9-5-3-6-10-17/h3,5-6,9-10,18H,4,7-8,11-14H2,1-2H3,(H,23,27)(H,24,29). The van der Waals surface area contributed by atoms with Gasteiger partial charge in [0, 0.05) is 13.1 Å². The minimum atomic E-state index is -0.360. The van der Waals surface area contributed by atoms with Crippen molar-refractivity contribution in [2.24, 2.45) is 0 Å². The summed E-state index contributed by atoms with van der Waals surface area (Å²) in [6, 6.07) is 9.24. The van der Waals surface area contributed by atoms with Crippen LogP contribution in [0.4, 0.5) is 0 Å². The van der Waals surface area contributed by atoms with Crippen molar-refractivity contribution in [3.63, 3.8) is 0 Å². The molecule has 1 unspecified atom stereocenters. The molecule has 1 atom stereocenters. The number of nitrogens with one attached hydrogen (secondary N) is 2. The molecule has 7 nitrogen and oxygen atoms in total. The molecule has 1 aromatic heterocycles. The molecule has 3 amide bonds. The molecule has 0 spiro atoms. The van der Waals surface area contributed by atoms with E-state index >= 15 is 0 Å². The van der Waals surface area contributed by atoms with E-state index in [4.69, 9.17) is 0 Å². The minimum absolute atomic E-state index is 0.0663. The maximum absolute atomic E-state index is 13.1. The minimum Gasteiger partial charge on any atom is -0.356 e. The molecule has 1 aliphatic rings.